The Morgan fingerprint density at radius 2 is 1.37 bits per heavy atom. The third-order valence-corrected chi connectivity index (χ3v) is 9.39. The number of hydrogen-bond donors (Lipinski definition) is 0. The van der Waals surface area contributed by atoms with E-state index in [1.54, 1.807) is 12.2 Å². The molecule has 248 valence electrons. The van der Waals surface area contributed by atoms with Crippen LogP contribution in [0.3, 0.4) is 0 Å². The average molecular weight is 661 g/mol. The molecule has 6 aromatic rings. The van der Waals surface area contributed by atoms with Gasteiger partial charge in [-0.1, -0.05) is 117 Å². The van der Waals surface area contributed by atoms with Crippen molar-refractivity contribution in [3.63, 3.8) is 0 Å². The molecular formula is C47H40N4. The fourth-order valence-electron chi connectivity index (χ4n) is 6.96. The zero-order valence-corrected chi connectivity index (χ0v) is 29.4. The van der Waals surface area contributed by atoms with Gasteiger partial charge in [-0.15, -0.1) is 0 Å². The quantitative estimate of drug-likeness (QED) is 0.103. The van der Waals surface area contributed by atoms with Crippen molar-refractivity contribution in [1.82, 2.24) is 9.13 Å². The number of nitriles is 2. The topological polar surface area (TPSA) is 57.4 Å². The first-order valence-corrected chi connectivity index (χ1v) is 17.2. The van der Waals surface area contributed by atoms with Crippen molar-refractivity contribution in [3.8, 4) is 17.8 Å². The standard InChI is InChI=1S/C47H40N4/c1-6-19-36(32-49)47-34(5)38-22-11-15-26-43(38)51(47)46-29-18-14-25-41(46)42(33(4)31-48)30-35(7-2)20-9-10-21-37(8-3)50-44-27-16-12-23-39(44)40-24-13-17-28-45(40)50/h6-7,9-19,21-30H,1-2,8,20H2,3-5H3/b10-9-,35-30+,36-19-,37-21+,42-33-. The zero-order valence-electron chi connectivity index (χ0n) is 29.4. The Kier molecular flexibility index (Phi) is 10.3. The molecule has 0 aliphatic rings. The van der Waals surface area contributed by atoms with Gasteiger partial charge in [0.2, 0.25) is 0 Å². The number of rotatable bonds is 11. The number of hydrogen-bond acceptors (Lipinski definition) is 2. The van der Waals surface area contributed by atoms with Gasteiger partial charge in [0.05, 0.1) is 39.6 Å². The molecule has 0 radical (unpaired) electrons. The first-order valence-electron chi connectivity index (χ1n) is 17.2. The predicted octanol–water partition coefficient (Wildman–Crippen LogP) is 12.4. The number of para-hydroxylation sites is 4. The maximum Gasteiger partial charge on any atom is 0.101 e. The van der Waals surface area contributed by atoms with Gasteiger partial charge < -0.3 is 9.13 Å². The number of allylic oxidation sites excluding steroid dienone is 12. The van der Waals surface area contributed by atoms with Crippen molar-refractivity contribution in [1.29, 1.82) is 10.5 Å². The van der Waals surface area contributed by atoms with Gasteiger partial charge >= 0.3 is 0 Å². The Labute approximate surface area is 300 Å². The van der Waals surface area contributed by atoms with Gasteiger partial charge in [-0.05, 0) is 85.9 Å². The molecule has 0 aliphatic heterocycles. The Hall–Kier alpha value is -6.62. The van der Waals surface area contributed by atoms with E-state index in [9.17, 15) is 10.5 Å². The maximum absolute atomic E-state index is 10.2. The molecule has 0 spiro atoms. The van der Waals surface area contributed by atoms with E-state index in [4.69, 9.17) is 0 Å². The summed E-state index contributed by atoms with van der Waals surface area (Å²) in [4.78, 5) is 0. The molecule has 4 heteroatoms. The summed E-state index contributed by atoms with van der Waals surface area (Å²) in [6, 6.07) is 38.1. The molecule has 0 bridgehead atoms. The van der Waals surface area contributed by atoms with Crippen molar-refractivity contribution in [2.24, 2.45) is 0 Å². The molecule has 0 saturated heterocycles. The highest BCUT2D eigenvalue weighted by Crippen LogP contribution is 2.37. The van der Waals surface area contributed by atoms with Crippen LogP contribution in [0, 0.1) is 29.6 Å². The van der Waals surface area contributed by atoms with E-state index in [2.05, 4.69) is 126 Å². The lowest BCUT2D eigenvalue weighted by atomic mass is 9.95. The Morgan fingerprint density at radius 3 is 1.98 bits per heavy atom. The highest BCUT2D eigenvalue weighted by Gasteiger charge is 2.21. The summed E-state index contributed by atoms with van der Waals surface area (Å²) in [5.41, 5.74) is 11.0. The minimum Gasteiger partial charge on any atom is -0.313 e. The van der Waals surface area contributed by atoms with Crippen molar-refractivity contribution in [2.75, 3.05) is 0 Å². The lowest BCUT2D eigenvalue weighted by Crippen LogP contribution is -2.04. The largest absolute Gasteiger partial charge is 0.313 e. The minimum absolute atomic E-state index is 0.518. The second-order valence-electron chi connectivity index (χ2n) is 12.4. The summed E-state index contributed by atoms with van der Waals surface area (Å²) in [7, 11) is 0. The molecule has 6 rings (SSSR count). The van der Waals surface area contributed by atoms with Gasteiger partial charge in [0.15, 0.2) is 0 Å². The van der Waals surface area contributed by atoms with Gasteiger partial charge in [0.25, 0.3) is 0 Å². The molecule has 0 fully saturated rings. The van der Waals surface area contributed by atoms with Gasteiger partial charge in [-0.25, -0.2) is 0 Å². The van der Waals surface area contributed by atoms with Gasteiger partial charge in [-0.2, -0.15) is 10.5 Å². The summed E-state index contributed by atoms with van der Waals surface area (Å²) >= 11 is 0. The van der Waals surface area contributed by atoms with E-state index in [1.807, 2.05) is 56.3 Å². The summed E-state index contributed by atoms with van der Waals surface area (Å²) in [6.45, 7) is 14.1. The number of aromatic nitrogens is 2. The molecule has 0 amide bonds. The number of fused-ring (bicyclic) bond motifs is 4. The van der Waals surface area contributed by atoms with Crippen LogP contribution in [0.4, 0.5) is 0 Å². The van der Waals surface area contributed by atoms with Crippen molar-refractivity contribution in [3.05, 3.63) is 181 Å². The monoisotopic (exact) mass is 660 g/mol. The molecule has 0 aliphatic carbocycles. The highest BCUT2D eigenvalue weighted by atomic mass is 15.0. The SMILES string of the molecule is C=C/C=C(/C#N)c1c(C)c2ccccc2n1-c1ccccc1C(/C=C(\C=C)C/C=C\C=C(/CC)n1c2ccccc2c2ccccc21)=C(/C)C#N. The van der Waals surface area contributed by atoms with Gasteiger partial charge in [-0.3, -0.25) is 0 Å². The normalized spacial score (nSPS) is 13.1. The second kappa shape index (κ2) is 15.3. The third-order valence-electron chi connectivity index (χ3n) is 9.39. The van der Waals surface area contributed by atoms with Crippen LogP contribution < -0.4 is 0 Å². The van der Waals surface area contributed by atoms with Crippen LogP contribution in [0.25, 0.3) is 55.2 Å². The fraction of sp³-hybridized carbons (Fsp3) is 0.106. The summed E-state index contributed by atoms with van der Waals surface area (Å²) in [6.07, 6.45) is 15.3. The van der Waals surface area contributed by atoms with Crippen molar-refractivity contribution >= 4 is 49.6 Å². The third kappa shape index (κ3) is 6.44. The maximum atomic E-state index is 10.2. The summed E-state index contributed by atoms with van der Waals surface area (Å²) in [5.74, 6) is 0. The first-order chi connectivity index (χ1) is 25.0. The number of benzene rings is 4. The molecule has 2 aromatic heterocycles. The molecule has 0 saturated carbocycles. The van der Waals surface area contributed by atoms with E-state index in [0.29, 0.717) is 17.6 Å². The predicted molar refractivity (Wildman–Crippen MR) is 216 cm³/mol. The van der Waals surface area contributed by atoms with Crippen molar-refractivity contribution < 1.29 is 0 Å². The van der Waals surface area contributed by atoms with Crippen LogP contribution >= 0.6 is 0 Å². The summed E-state index contributed by atoms with van der Waals surface area (Å²) in [5, 5.41) is 24.0. The number of aryl methyl sites for hydroxylation is 1. The number of nitrogens with zero attached hydrogens (tertiary/aromatic N) is 4. The summed E-state index contributed by atoms with van der Waals surface area (Å²) < 4.78 is 4.49. The highest BCUT2D eigenvalue weighted by molar-refractivity contribution is 6.10. The van der Waals surface area contributed by atoms with Crippen molar-refractivity contribution in [2.45, 2.75) is 33.6 Å². The van der Waals surface area contributed by atoms with Crippen LogP contribution in [-0.2, 0) is 0 Å². The average Bonchev–Trinajstić information content (AvgIpc) is 3.66. The van der Waals surface area contributed by atoms with E-state index >= 15 is 0 Å². The molecule has 0 atom stereocenters. The zero-order chi connectivity index (χ0) is 35.9. The lowest BCUT2D eigenvalue weighted by Gasteiger charge is -2.17. The molecule has 4 aromatic carbocycles. The van der Waals surface area contributed by atoms with Crippen LogP contribution in [-0.4, -0.2) is 9.13 Å². The van der Waals surface area contributed by atoms with Crippen LogP contribution in [0.1, 0.15) is 43.5 Å². The Balaban J connectivity index is 1.42. The van der Waals surface area contributed by atoms with E-state index in [-0.39, 0.29) is 0 Å². The van der Waals surface area contributed by atoms with E-state index < -0.39 is 0 Å². The van der Waals surface area contributed by atoms with Crippen LogP contribution in [0.15, 0.2) is 164 Å². The van der Waals surface area contributed by atoms with E-state index in [0.717, 1.165) is 51.0 Å². The minimum atomic E-state index is 0.518. The smallest absolute Gasteiger partial charge is 0.101 e. The second-order valence-corrected chi connectivity index (χ2v) is 12.4. The van der Waals surface area contributed by atoms with E-state index in [1.165, 1.54) is 27.5 Å². The molecule has 51 heavy (non-hydrogen) atoms. The Morgan fingerprint density at radius 1 is 0.765 bits per heavy atom. The lowest BCUT2D eigenvalue weighted by molar-refractivity contribution is 1.08. The molecule has 2 heterocycles. The molecular weight excluding hydrogens is 621 g/mol. The molecule has 0 N–H and O–H groups in total. The van der Waals surface area contributed by atoms with Gasteiger partial charge in [0.1, 0.15) is 6.07 Å². The fourth-order valence-corrected chi connectivity index (χ4v) is 6.96. The Bertz CT molecular complexity index is 2500. The molecule has 4 nitrogen and oxygen atoms in total. The van der Waals surface area contributed by atoms with Crippen LogP contribution in [0.2, 0.25) is 0 Å². The van der Waals surface area contributed by atoms with Crippen LogP contribution in [0.5, 0.6) is 0 Å². The van der Waals surface area contributed by atoms with Gasteiger partial charge in [0, 0.05) is 33.0 Å². The molecule has 0 unspecified atom stereocenters. The first kappa shape index (κ1) is 34.3.